The molecule has 4 nitrogen and oxygen atoms in total. The van der Waals surface area contributed by atoms with Crippen LogP contribution in [-0.2, 0) is 0 Å². The number of hydrogen-bond donors (Lipinski definition) is 0. The van der Waals surface area contributed by atoms with Crippen molar-refractivity contribution in [1.29, 1.82) is 0 Å². The first-order valence-electron chi connectivity index (χ1n) is 18.8. The van der Waals surface area contributed by atoms with Crippen LogP contribution in [0.5, 0.6) is 0 Å². The van der Waals surface area contributed by atoms with Crippen molar-refractivity contribution < 1.29 is 0 Å². The molecule has 0 amide bonds. The second-order valence-electron chi connectivity index (χ2n) is 14.6. The molecule has 0 atom stereocenters. The molecule has 6 heteroatoms. The van der Waals surface area contributed by atoms with Gasteiger partial charge in [0.1, 0.15) is 5.65 Å². The Kier molecular flexibility index (Phi) is 6.17. The monoisotopic (exact) mass is 748 g/mol. The highest BCUT2D eigenvalue weighted by Crippen LogP contribution is 2.42. The van der Waals surface area contributed by atoms with Crippen LogP contribution in [0.25, 0.3) is 118 Å². The van der Waals surface area contributed by atoms with Gasteiger partial charge in [-0.1, -0.05) is 84.9 Å². The van der Waals surface area contributed by atoms with Crippen molar-refractivity contribution >= 4 is 112 Å². The van der Waals surface area contributed by atoms with E-state index in [0.717, 1.165) is 44.6 Å². The summed E-state index contributed by atoms with van der Waals surface area (Å²) in [6.07, 6.45) is 0. The fraction of sp³-hybridized carbons (Fsp3) is 0. The number of hydrogen-bond acceptors (Lipinski definition) is 4. The molecule has 13 aromatic rings. The minimum absolute atomic E-state index is 0.824. The summed E-state index contributed by atoms with van der Waals surface area (Å²) >= 11 is 3.72. The fourth-order valence-electron chi connectivity index (χ4n) is 8.89. The molecule has 0 aliphatic rings. The molecule has 0 spiro atoms. The first-order chi connectivity index (χ1) is 27.7. The quantitative estimate of drug-likeness (QED) is 0.180. The molecule has 0 saturated carbocycles. The molecule has 0 saturated heterocycles. The topological polar surface area (TPSA) is 35.1 Å². The maximum atomic E-state index is 5.43. The van der Waals surface area contributed by atoms with Crippen molar-refractivity contribution in [2.24, 2.45) is 0 Å². The van der Waals surface area contributed by atoms with Gasteiger partial charge in [0.05, 0.1) is 27.6 Å². The Morgan fingerprint density at radius 2 is 0.804 bits per heavy atom. The summed E-state index contributed by atoms with van der Waals surface area (Å²) in [7, 11) is 0. The van der Waals surface area contributed by atoms with Crippen LogP contribution in [0.4, 0.5) is 0 Å². The van der Waals surface area contributed by atoms with Gasteiger partial charge < -0.3 is 0 Å². The Morgan fingerprint density at radius 1 is 0.339 bits per heavy atom. The zero-order valence-corrected chi connectivity index (χ0v) is 31.4. The first-order valence-corrected chi connectivity index (χ1v) is 20.4. The van der Waals surface area contributed by atoms with Crippen LogP contribution in [0.2, 0.25) is 0 Å². The van der Waals surface area contributed by atoms with E-state index in [4.69, 9.17) is 9.97 Å². The summed E-state index contributed by atoms with van der Waals surface area (Å²) in [6.45, 7) is 0. The number of rotatable bonds is 3. The van der Waals surface area contributed by atoms with Gasteiger partial charge >= 0.3 is 0 Å². The van der Waals surface area contributed by atoms with Gasteiger partial charge in [-0.15, -0.1) is 22.7 Å². The number of imidazole rings is 1. The summed E-state index contributed by atoms with van der Waals surface area (Å²) in [5.74, 6) is 0.824. The van der Waals surface area contributed by atoms with Crippen LogP contribution in [0, 0.1) is 0 Å². The molecule has 260 valence electrons. The normalized spacial score (nSPS) is 12.3. The predicted octanol–water partition coefficient (Wildman–Crippen LogP) is 14.2. The molecule has 0 radical (unpaired) electrons. The summed E-state index contributed by atoms with van der Waals surface area (Å²) < 4.78 is 9.85. The van der Waals surface area contributed by atoms with Crippen molar-refractivity contribution in [2.75, 3.05) is 0 Å². The Morgan fingerprint density at radius 3 is 1.41 bits per heavy atom. The van der Waals surface area contributed by atoms with Gasteiger partial charge in [-0.2, -0.15) is 0 Å². The lowest BCUT2D eigenvalue weighted by Crippen LogP contribution is -2.06. The van der Waals surface area contributed by atoms with Crippen LogP contribution in [-0.4, -0.2) is 18.9 Å². The van der Waals surface area contributed by atoms with Gasteiger partial charge in [-0.05, 0) is 107 Å². The number of aromatic nitrogens is 4. The summed E-state index contributed by atoms with van der Waals surface area (Å²) in [5.41, 5.74) is 10.8. The zero-order valence-electron chi connectivity index (χ0n) is 29.8. The molecule has 5 aromatic heterocycles. The average molecular weight is 749 g/mol. The van der Waals surface area contributed by atoms with Crippen molar-refractivity contribution in [1.82, 2.24) is 18.9 Å². The molecule has 0 aliphatic carbocycles. The van der Waals surface area contributed by atoms with Gasteiger partial charge in [0, 0.05) is 56.5 Å². The average Bonchev–Trinajstić information content (AvgIpc) is 4.01. The standard InChI is InChI=1S/C50H28N4S2/c1-4-12-40-35(11-1)49-51-41-13-5-6-14-44(41)54(49)50(52-40)53-42-21-17-29(31-19-23-47-38(27-31)33-9-2-7-15-45(33)55-47)25-36(42)37-26-30(18-22-43(37)53)32-20-24-48-39(28-32)34-10-3-8-16-46(34)56-48/h1-28H. The van der Waals surface area contributed by atoms with Crippen LogP contribution >= 0.6 is 22.7 Å². The molecule has 8 aromatic carbocycles. The molecule has 0 N–H and O–H groups in total. The number of thiophene rings is 2. The van der Waals surface area contributed by atoms with E-state index >= 15 is 0 Å². The Bertz CT molecular complexity index is 3610. The molecule has 0 unspecified atom stereocenters. The third kappa shape index (κ3) is 4.28. The molecule has 5 heterocycles. The second kappa shape index (κ2) is 11.3. The van der Waals surface area contributed by atoms with Crippen LogP contribution in [0.3, 0.4) is 0 Å². The number of fused-ring (bicyclic) bond motifs is 14. The van der Waals surface area contributed by atoms with E-state index in [1.54, 1.807) is 0 Å². The van der Waals surface area contributed by atoms with E-state index in [2.05, 4.69) is 179 Å². The number of para-hydroxylation sites is 3. The van der Waals surface area contributed by atoms with E-state index in [-0.39, 0.29) is 0 Å². The van der Waals surface area contributed by atoms with Gasteiger partial charge in [0.2, 0.25) is 5.95 Å². The highest BCUT2D eigenvalue weighted by molar-refractivity contribution is 7.26. The van der Waals surface area contributed by atoms with Gasteiger partial charge in [0.15, 0.2) is 0 Å². The lowest BCUT2D eigenvalue weighted by molar-refractivity contribution is 0.979. The molecule has 0 bridgehead atoms. The Balaban J connectivity index is 1.11. The van der Waals surface area contributed by atoms with Crippen LogP contribution in [0.15, 0.2) is 170 Å². The molecule has 0 aliphatic heterocycles. The number of nitrogens with zero attached hydrogens (tertiary/aromatic N) is 4. The van der Waals surface area contributed by atoms with Crippen molar-refractivity contribution in [3.8, 4) is 28.2 Å². The largest absolute Gasteiger partial charge is 0.279 e. The SMILES string of the molecule is c1ccc2c(c1)nc(-n1c3ccc(-c4ccc5sc6ccccc6c5c4)cc3c3cc(-c4ccc5sc6ccccc6c5c4)ccc31)n1c3ccccc3nc21. The van der Waals surface area contributed by atoms with E-state index in [1.807, 2.05) is 22.7 Å². The summed E-state index contributed by atoms with van der Waals surface area (Å²) in [5, 5.41) is 8.63. The first kappa shape index (κ1) is 30.5. The molecular weight excluding hydrogens is 721 g/mol. The van der Waals surface area contributed by atoms with E-state index in [9.17, 15) is 0 Å². The van der Waals surface area contributed by atoms with E-state index in [0.29, 0.717) is 0 Å². The maximum Gasteiger partial charge on any atom is 0.221 e. The van der Waals surface area contributed by atoms with Crippen molar-refractivity contribution in [3.05, 3.63) is 170 Å². The molecular formula is C50H28N4S2. The second-order valence-corrected chi connectivity index (χ2v) is 16.8. The Hall–Kier alpha value is -6.86. The number of benzene rings is 8. The van der Waals surface area contributed by atoms with E-state index in [1.165, 1.54) is 73.4 Å². The minimum atomic E-state index is 0.824. The van der Waals surface area contributed by atoms with E-state index < -0.39 is 0 Å². The van der Waals surface area contributed by atoms with Gasteiger partial charge in [-0.3, -0.25) is 8.97 Å². The Labute approximate surface area is 327 Å². The maximum absolute atomic E-state index is 5.43. The zero-order chi connectivity index (χ0) is 36.5. The minimum Gasteiger partial charge on any atom is -0.279 e. The lowest BCUT2D eigenvalue weighted by atomic mass is 9.98. The van der Waals surface area contributed by atoms with Crippen molar-refractivity contribution in [3.63, 3.8) is 0 Å². The molecule has 0 fully saturated rings. The highest BCUT2D eigenvalue weighted by atomic mass is 32.1. The smallest absolute Gasteiger partial charge is 0.221 e. The fourth-order valence-corrected chi connectivity index (χ4v) is 11.1. The molecule has 56 heavy (non-hydrogen) atoms. The van der Waals surface area contributed by atoms with Crippen molar-refractivity contribution in [2.45, 2.75) is 0 Å². The third-order valence-electron chi connectivity index (χ3n) is 11.5. The third-order valence-corrected chi connectivity index (χ3v) is 13.8. The van der Waals surface area contributed by atoms with Gasteiger partial charge in [-0.25, -0.2) is 9.97 Å². The molecule has 13 rings (SSSR count). The lowest BCUT2D eigenvalue weighted by Gasteiger charge is -2.13. The van der Waals surface area contributed by atoms with Gasteiger partial charge in [0.25, 0.3) is 0 Å². The van der Waals surface area contributed by atoms with Crippen LogP contribution in [0.1, 0.15) is 0 Å². The summed E-state index contributed by atoms with van der Waals surface area (Å²) in [4.78, 5) is 10.6. The summed E-state index contributed by atoms with van der Waals surface area (Å²) in [6, 6.07) is 61.9. The van der Waals surface area contributed by atoms with Crippen LogP contribution < -0.4 is 0 Å². The highest BCUT2D eigenvalue weighted by Gasteiger charge is 2.21. The predicted molar refractivity (Wildman–Crippen MR) is 239 cm³/mol.